The van der Waals surface area contributed by atoms with E-state index in [0.717, 1.165) is 27.2 Å². The van der Waals surface area contributed by atoms with E-state index in [1.165, 1.54) is 14.9 Å². The molecule has 0 amide bonds. The summed E-state index contributed by atoms with van der Waals surface area (Å²) in [6.45, 7) is 0.860. The Morgan fingerprint density at radius 1 is 0.921 bits per heavy atom. The Kier molecular flexibility index (Phi) is 6.81. The molecule has 3 aromatic carbocycles. The first kappa shape index (κ1) is 24.6. The van der Waals surface area contributed by atoms with E-state index in [4.69, 9.17) is 23.4 Å². The van der Waals surface area contributed by atoms with Gasteiger partial charge in [0.25, 0.3) is 5.19 Å². The minimum atomic E-state index is 0.354. The number of furan rings is 1. The van der Waals surface area contributed by atoms with Crippen LogP contribution in [0.5, 0.6) is 22.4 Å². The minimum absolute atomic E-state index is 0.354. The molecule has 0 saturated heterocycles. The van der Waals surface area contributed by atoms with Gasteiger partial charge in [-0.3, -0.25) is 0 Å². The number of nitrogens with zero attached hydrogens (tertiary/aromatic N) is 3. The first-order chi connectivity index (χ1) is 18.6. The Morgan fingerprint density at radius 2 is 1.82 bits per heavy atom. The van der Waals surface area contributed by atoms with Gasteiger partial charge in [-0.1, -0.05) is 30.3 Å². The van der Waals surface area contributed by atoms with Crippen molar-refractivity contribution in [3.8, 4) is 33.9 Å². The maximum absolute atomic E-state index is 6.26. The van der Waals surface area contributed by atoms with Crippen molar-refractivity contribution in [2.45, 2.75) is 13.2 Å². The van der Waals surface area contributed by atoms with Crippen LogP contribution < -0.4 is 18.9 Å². The molecule has 0 bridgehead atoms. The summed E-state index contributed by atoms with van der Waals surface area (Å²) in [5.41, 5.74) is 3.45. The first-order valence-corrected chi connectivity index (χ1v) is 13.6. The number of aromatic nitrogens is 3. The lowest BCUT2D eigenvalue weighted by atomic mass is 10.2. The maximum atomic E-state index is 6.26. The molecule has 0 aliphatic carbocycles. The normalized spacial score (nSPS) is 11.2. The smallest absolute Gasteiger partial charge is 0.294 e. The van der Waals surface area contributed by atoms with Crippen molar-refractivity contribution < 1.29 is 23.4 Å². The van der Waals surface area contributed by atoms with Crippen molar-refractivity contribution in [2.75, 3.05) is 14.2 Å². The van der Waals surface area contributed by atoms with Crippen molar-refractivity contribution >= 4 is 49.9 Å². The highest BCUT2D eigenvalue weighted by atomic mass is 127. The van der Waals surface area contributed by atoms with Crippen LogP contribution in [0.4, 0.5) is 0 Å². The quantitative estimate of drug-likeness (QED) is 0.158. The highest BCUT2D eigenvalue weighted by molar-refractivity contribution is 14.1. The third-order valence-corrected chi connectivity index (χ3v) is 7.84. The van der Waals surface area contributed by atoms with E-state index >= 15 is 0 Å². The minimum Gasteiger partial charge on any atom is -0.496 e. The second-order valence-electron chi connectivity index (χ2n) is 8.39. The van der Waals surface area contributed by atoms with Gasteiger partial charge >= 0.3 is 0 Å². The summed E-state index contributed by atoms with van der Waals surface area (Å²) < 4.78 is 32.0. The summed E-state index contributed by atoms with van der Waals surface area (Å²) in [4.78, 5) is 5.34. The lowest BCUT2D eigenvalue weighted by Gasteiger charge is -2.11. The molecular weight excluding hydrogens is 617 g/mol. The number of hydrogen-bond donors (Lipinski definition) is 0. The van der Waals surface area contributed by atoms with Gasteiger partial charge < -0.3 is 23.4 Å². The summed E-state index contributed by atoms with van der Waals surface area (Å²) in [6, 6.07) is 21.7. The lowest BCUT2D eigenvalue weighted by molar-refractivity contribution is 0.296. The zero-order chi connectivity index (χ0) is 26.1. The van der Waals surface area contributed by atoms with Crippen LogP contribution in [-0.2, 0) is 13.2 Å². The SMILES string of the molecule is COc1cc(OCc2cccc(OCc3ccccc3I)c2)c2cc(-c3cn4nc(OC)sc4n3)oc2c1. The second kappa shape index (κ2) is 10.5. The molecule has 0 spiro atoms. The number of ether oxygens (including phenoxy) is 4. The van der Waals surface area contributed by atoms with Gasteiger partial charge in [-0.05, 0) is 63.8 Å². The summed E-state index contributed by atoms with van der Waals surface area (Å²) in [7, 11) is 3.20. The van der Waals surface area contributed by atoms with E-state index in [9.17, 15) is 0 Å². The number of rotatable bonds is 9. The summed E-state index contributed by atoms with van der Waals surface area (Å²) >= 11 is 3.68. The van der Waals surface area contributed by atoms with E-state index in [-0.39, 0.29) is 0 Å². The summed E-state index contributed by atoms with van der Waals surface area (Å²) in [6.07, 6.45) is 1.81. The number of hydrogen-bond acceptors (Lipinski definition) is 8. The first-order valence-electron chi connectivity index (χ1n) is 11.7. The number of fused-ring (bicyclic) bond motifs is 2. The highest BCUT2D eigenvalue weighted by Gasteiger charge is 2.17. The maximum Gasteiger partial charge on any atom is 0.294 e. The van der Waals surface area contributed by atoms with Gasteiger partial charge in [-0.15, -0.1) is 5.10 Å². The van der Waals surface area contributed by atoms with Crippen molar-refractivity contribution in [3.63, 3.8) is 0 Å². The fraction of sp³-hybridized carbons (Fsp3) is 0.143. The molecule has 0 radical (unpaired) electrons. The molecule has 3 aromatic heterocycles. The molecule has 192 valence electrons. The van der Waals surface area contributed by atoms with Crippen molar-refractivity contribution in [1.82, 2.24) is 14.6 Å². The van der Waals surface area contributed by atoms with Crippen LogP contribution in [0.3, 0.4) is 0 Å². The van der Waals surface area contributed by atoms with Gasteiger partial charge in [0.2, 0.25) is 4.96 Å². The third kappa shape index (κ3) is 5.01. The third-order valence-electron chi connectivity index (χ3n) is 5.91. The van der Waals surface area contributed by atoms with E-state index in [1.54, 1.807) is 18.7 Å². The molecule has 0 unspecified atom stereocenters. The monoisotopic (exact) mass is 639 g/mol. The molecule has 10 heteroatoms. The number of halogens is 1. The van der Waals surface area contributed by atoms with Gasteiger partial charge in [0.05, 0.1) is 25.8 Å². The van der Waals surface area contributed by atoms with Gasteiger partial charge in [-0.25, -0.2) is 9.50 Å². The number of benzene rings is 3. The Balaban J connectivity index is 1.22. The van der Waals surface area contributed by atoms with E-state index in [1.807, 2.05) is 60.8 Å². The molecule has 3 heterocycles. The van der Waals surface area contributed by atoms with Crippen LogP contribution in [0.15, 0.2) is 77.3 Å². The Morgan fingerprint density at radius 3 is 2.63 bits per heavy atom. The van der Waals surface area contributed by atoms with Gasteiger partial charge in [0, 0.05) is 21.3 Å². The van der Waals surface area contributed by atoms with Crippen LogP contribution in [-0.4, -0.2) is 28.8 Å². The van der Waals surface area contributed by atoms with Crippen LogP contribution in [0.1, 0.15) is 11.1 Å². The second-order valence-corrected chi connectivity index (χ2v) is 10.5. The predicted octanol–water partition coefficient (Wildman–Crippen LogP) is 6.98. The molecule has 6 rings (SSSR count). The van der Waals surface area contributed by atoms with E-state index < -0.39 is 0 Å². The van der Waals surface area contributed by atoms with E-state index in [2.05, 4.69) is 44.8 Å². The van der Waals surface area contributed by atoms with Crippen LogP contribution in [0.2, 0.25) is 0 Å². The predicted molar refractivity (Wildman–Crippen MR) is 153 cm³/mol. The zero-order valence-electron chi connectivity index (χ0n) is 20.5. The molecular formula is C28H22IN3O5S. The molecule has 38 heavy (non-hydrogen) atoms. The average Bonchev–Trinajstić information content (AvgIpc) is 3.64. The van der Waals surface area contributed by atoms with Crippen molar-refractivity contribution in [3.05, 3.63) is 87.6 Å². The number of methoxy groups -OCH3 is 2. The molecule has 0 aliphatic heterocycles. The fourth-order valence-corrected chi connectivity index (χ4v) is 5.23. The molecule has 0 fully saturated rings. The lowest BCUT2D eigenvalue weighted by Crippen LogP contribution is -2.00. The largest absolute Gasteiger partial charge is 0.496 e. The van der Waals surface area contributed by atoms with Gasteiger partial charge in [0.15, 0.2) is 5.76 Å². The van der Waals surface area contributed by atoms with E-state index in [0.29, 0.717) is 46.9 Å². The Labute approximate surface area is 235 Å². The molecule has 0 atom stereocenters. The fourth-order valence-electron chi connectivity index (χ4n) is 3.99. The van der Waals surface area contributed by atoms with Crippen LogP contribution in [0, 0.1) is 3.57 Å². The topological polar surface area (TPSA) is 80.2 Å². The van der Waals surface area contributed by atoms with Gasteiger partial charge in [0.1, 0.15) is 41.7 Å². The summed E-state index contributed by atoms with van der Waals surface area (Å²) in [5.74, 6) is 2.69. The zero-order valence-corrected chi connectivity index (χ0v) is 23.5. The average molecular weight is 639 g/mol. The van der Waals surface area contributed by atoms with Crippen LogP contribution >= 0.6 is 33.9 Å². The van der Waals surface area contributed by atoms with Crippen molar-refractivity contribution in [2.24, 2.45) is 0 Å². The molecule has 6 aromatic rings. The highest BCUT2D eigenvalue weighted by Crippen LogP contribution is 2.37. The van der Waals surface area contributed by atoms with Crippen LogP contribution in [0.25, 0.3) is 27.4 Å². The van der Waals surface area contributed by atoms with Crippen molar-refractivity contribution in [1.29, 1.82) is 0 Å². The summed E-state index contributed by atoms with van der Waals surface area (Å²) in [5, 5.41) is 5.71. The molecule has 8 nitrogen and oxygen atoms in total. The Hall–Kier alpha value is -3.77. The molecule has 0 aliphatic rings. The molecule has 0 saturated carbocycles. The Bertz CT molecular complexity index is 1710. The number of imidazole rings is 1. The van der Waals surface area contributed by atoms with Gasteiger partial charge in [-0.2, -0.15) is 0 Å². The standard InChI is InChI=1S/C28H22IN3O5S/c1-33-20-11-24(36-15-17-6-5-8-19(10-17)35-16-18-7-3-4-9-22(18)29)21-13-26(37-25(21)12-20)23-14-32-27(30-23)38-28(31-32)34-2/h3-14H,15-16H2,1-2H3. The molecule has 0 N–H and O–H groups in total.